The van der Waals surface area contributed by atoms with Gasteiger partial charge in [-0.15, -0.1) is 0 Å². The molecule has 0 amide bonds. The molecule has 144 valence electrons. The monoisotopic (exact) mass is 387 g/mol. The van der Waals surface area contributed by atoms with Crippen LogP contribution < -0.4 is 4.74 Å². The van der Waals surface area contributed by atoms with Gasteiger partial charge in [0.25, 0.3) is 0 Å². The lowest BCUT2D eigenvalue weighted by atomic mass is 9.98. The molecule has 0 saturated carbocycles. The predicted molar refractivity (Wildman–Crippen MR) is 105 cm³/mol. The summed E-state index contributed by atoms with van der Waals surface area (Å²) in [5.74, 6) is -0.0121. The van der Waals surface area contributed by atoms with Gasteiger partial charge in [0.15, 0.2) is 0 Å². The lowest BCUT2D eigenvalue weighted by Crippen LogP contribution is -2.41. The second-order valence-corrected chi connectivity index (χ2v) is 8.80. The Bertz CT molecular complexity index is 855. The molecule has 1 aliphatic rings. The predicted octanol–water partition coefficient (Wildman–Crippen LogP) is 3.40. The highest BCUT2D eigenvalue weighted by Gasteiger charge is 2.32. The highest BCUT2D eigenvalue weighted by Crippen LogP contribution is 2.24. The summed E-state index contributed by atoms with van der Waals surface area (Å²) in [5, 5.41) is 0. The fraction of sp³-hybridized carbons (Fsp3) is 0.381. The van der Waals surface area contributed by atoms with Gasteiger partial charge in [-0.25, -0.2) is 12.7 Å². The van der Waals surface area contributed by atoms with Crippen molar-refractivity contribution < 1.29 is 17.9 Å². The smallest absolute Gasteiger partial charge is 0.314 e. The van der Waals surface area contributed by atoms with Crippen molar-refractivity contribution in [2.75, 3.05) is 13.1 Å². The molecule has 5 nitrogen and oxygen atoms in total. The molecule has 1 heterocycles. The summed E-state index contributed by atoms with van der Waals surface area (Å²) in [6.45, 7) is 2.77. The second-order valence-electron chi connectivity index (χ2n) is 6.83. The zero-order valence-electron chi connectivity index (χ0n) is 15.5. The molecule has 6 heteroatoms. The summed E-state index contributed by atoms with van der Waals surface area (Å²) >= 11 is 0. The van der Waals surface area contributed by atoms with Crippen molar-refractivity contribution in [3.63, 3.8) is 0 Å². The van der Waals surface area contributed by atoms with Crippen molar-refractivity contribution in [1.82, 2.24) is 4.31 Å². The average molecular weight is 388 g/mol. The van der Waals surface area contributed by atoms with E-state index in [1.807, 2.05) is 42.5 Å². The van der Waals surface area contributed by atoms with Gasteiger partial charge in [0.1, 0.15) is 5.75 Å². The third-order valence-electron chi connectivity index (χ3n) is 4.92. The Morgan fingerprint density at radius 1 is 1.00 bits per heavy atom. The van der Waals surface area contributed by atoms with Crippen molar-refractivity contribution in [3.05, 3.63) is 65.7 Å². The van der Waals surface area contributed by atoms with Crippen LogP contribution in [0.1, 0.15) is 30.9 Å². The van der Waals surface area contributed by atoms with Crippen molar-refractivity contribution in [2.24, 2.45) is 5.92 Å². The number of rotatable bonds is 6. The second kappa shape index (κ2) is 8.67. The first kappa shape index (κ1) is 19.6. The molecule has 0 aliphatic carbocycles. The minimum atomic E-state index is -3.37. The van der Waals surface area contributed by atoms with Crippen molar-refractivity contribution in [1.29, 1.82) is 0 Å². The third-order valence-corrected chi connectivity index (χ3v) is 6.77. The number of piperidine rings is 1. The van der Waals surface area contributed by atoms with Gasteiger partial charge in [0.2, 0.25) is 10.0 Å². The lowest BCUT2D eigenvalue weighted by Gasteiger charge is -2.30. The molecule has 0 aromatic heterocycles. The average Bonchev–Trinajstić information content (AvgIpc) is 2.69. The fourth-order valence-corrected chi connectivity index (χ4v) is 4.80. The Morgan fingerprint density at radius 3 is 2.22 bits per heavy atom. The van der Waals surface area contributed by atoms with E-state index in [0.717, 1.165) is 12.0 Å². The molecule has 0 atom stereocenters. The maximum atomic E-state index is 12.6. The van der Waals surface area contributed by atoms with E-state index in [-0.39, 0.29) is 17.6 Å². The zero-order valence-corrected chi connectivity index (χ0v) is 16.3. The minimum Gasteiger partial charge on any atom is -0.426 e. The van der Waals surface area contributed by atoms with Gasteiger partial charge < -0.3 is 4.74 Å². The molecule has 1 aliphatic heterocycles. The van der Waals surface area contributed by atoms with Gasteiger partial charge in [-0.05, 0) is 42.5 Å². The highest BCUT2D eigenvalue weighted by molar-refractivity contribution is 7.88. The van der Waals surface area contributed by atoms with Crippen LogP contribution in [0.25, 0.3) is 0 Å². The molecule has 0 spiro atoms. The van der Waals surface area contributed by atoms with E-state index in [2.05, 4.69) is 6.92 Å². The molecule has 0 N–H and O–H groups in total. The van der Waals surface area contributed by atoms with Gasteiger partial charge in [-0.1, -0.05) is 49.4 Å². The Labute approximate surface area is 161 Å². The summed E-state index contributed by atoms with van der Waals surface area (Å²) in [5.41, 5.74) is 1.96. The largest absolute Gasteiger partial charge is 0.426 e. The highest BCUT2D eigenvalue weighted by atomic mass is 32.2. The maximum absolute atomic E-state index is 12.6. The van der Waals surface area contributed by atoms with Crippen LogP contribution in [0.4, 0.5) is 0 Å². The number of esters is 1. The number of ether oxygens (including phenoxy) is 1. The number of carbonyl (C=O) groups is 1. The van der Waals surface area contributed by atoms with Crippen LogP contribution in [0, 0.1) is 5.92 Å². The molecule has 1 fully saturated rings. The summed E-state index contributed by atoms with van der Waals surface area (Å²) in [4.78, 5) is 12.4. The van der Waals surface area contributed by atoms with E-state index >= 15 is 0 Å². The van der Waals surface area contributed by atoms with E-state index in [0.29, 0.717) is 31.7 Å². The van der Waals surface area contributed by atoms with Crippen LogP contribution in [0.2, 0.25) is 0 Å². The first-order valence-corrected chi connectivity index (χ1v) is 10.9. The molecule has 27 heavy (non-hydrogen) atoms. The zero-order chi connectivity index (χ0) is 19.3. The van der Waals surface area contributed by atoms with E-state index in [4.69, 9.17) is 4.74 Å². The van der Waals surface area contributed by atoms with Crippen molar-refractivity contribution in [2.45, 2.75) is 31.9 Å². The van der Waals surface area contributed by atoms with Crippen molar-refractivity contribution >= 4 is 16.0 Å². The third kappa shape index (κ3) is 5.17. The number of carbonyl (C=O) groups excluding carboxylic acids is 1. The molecule has 1 saturated heterocycles. The number of nitrogens with zero attached hydrogens (tertiary/aromatic N) is 1. The van der Waals surface area contributed by atoms with Crippen LogP contribution in [0.3, 0.4) is 0 Å². The summed E-state index contributed by atoms with van der Waals surface area (Å²) < 4.78 is 32.1. The fourth-order valence-electron chi connectivity index (χ4n) is 3.24. The quantitative estimate of drug-likeness (QED) is 0.563. The van der Waals surface area contributed by atoms with E-state index in [1.54, 1.807) is 12.1 Å². The molecule has 3 rings (SSSR count). The number of hydrogen-bond donors (Lipinski definition) is 0. The van der Waals surface area contributed by atoms with Crippen molar-refractivity contribution in [3.8, 4) is 5.75 Å². The normalized spacial score (nSPS) is 16.2. The molecular weight excluding hydrogens is 362 g/mol. The van der Waals surface area contributed by atoms with Gasteiger partial charge >= 0.3 is 5.97 Å². The topological polar surface area (TPSA) is 63.7 Å². The molecule has 0 unspecified atom stereocenters. The Balaban J connectivity index is 1.53. The van der Waals surface area contributed by atoms with Gasteiger partial charge in [0.05, 0.1) is 11.7 Å². The Kier molecular flexibility index (Phi) is 6.29. The van der Waals surface area contributed by atoms with E-state index in [9.17, 15) is 13.2 Å². The molecular formula is C21H25NO4S. The Morgan fingerprint density at radius 2 is 1.63 bits per heavy atom. The number of hydrogen-bond acceptors (Lipinski definition) is 4. The molecule has 2 aromatic rings. The first-order valence-electron chi connectivity index (χ1n) is 9.30. The number of aryl methyl sites for hydroxylation is 1. The lowest BCUT2D eigenvalue weighted by molar-refractivity contribution is -0.140. The summed E-state index contributed by atoms with van der Waals surface area (Å²) in [7, 11) is -3.37. The van der Waals surface area contributed by atoms with Gasteiger partial charge in [0, 0.05) is 13.1 Å². The molecule has 2 aromatic carbocycles. The van der Waals surface area contributed by atoms with Crippen LogP contribution in [-0.4, -0.2) is 31.8 Å². The number of sulfonamides is 1. The van der Waals surface area contributed by atoms with Crippen LogP contribution in [-0.2, 0) is 27.0 Å². The maximum Gasteiger partial charge on any atom is 0.314 e. The SMILES string of the molecule is CCc1ccc(OC(=O)C2CCN(S(=O)(=O)Cc3ccccc3)CC2)cc1. The van der Waals surface area contributed by atoms with Crippen LogP contribution >= 0.6 is 0 Å². The van der Waals surface area contributed by atoms with Gasteiger partial charge in [-0.2, -0.15) is 0 Å². The molecule has 0 bridgehead atoms. The van der Waals surface area contributed by atoms with E-state index < -0.39 is 10.0 Å². The van der Waals surface area contributed by atoms with Crippen LogP contribution in [0.5, 0.6) is 5.75 Å². The first-order chi connectivity index (χ1) is 13.0. The summed E-state index contributed by atoms with van der Waals surface area (Å²) in [6, 6.07) is 16.6. The minimum absolute atomic E-state index is 0.00721. The molecule has 0 radical (unpaired) electrons. The number of benzene rings is 2. The standard InChI is InChI=1S/C21H25NO4S/c1-2-17-8-10-20(11-9-17)26-21(23)19-12-14-22(15-13-19)27(24,25)16-18-6-4-3-5-7-18/h3-11,19H,2,12-16H2,1H3. The van der Waals surface area contributed by atoms with Crippen LogP contribution in [0.15, 0.2) is 54.6 Å². The Hall–Kier alpha value is -2.18. The summed E-state index contributed by atoms with van der Waals surface area (Å²) in [6.07, 6.45) is 1.91. The van der Waals surface area contributed by atoms with Gasteiger partial charge in [-0.3, -0.25) is 4.79 Å². The van der Waals surface area contributed by atoms with E-state index in [1.165, 1.54) is 9.87 Å².